The largest absolute Gasteiger partial charge is 0.507 e. The van der Waals surface area contributed by atoms with Gasteiger partial charge in [0.1, 0.15) is 11.5 Å². The number of amides is 1. The highest BCUT2D eigenvalue weighted by atomic mass is 16.5. The Bertz CT molecular complexity index is 1120. The third-order valence-corrected chi connectivity index (χ3v) is 6.66. The molecule has 1 unspecified atom stereocenters. The molecule has 1 aliphatic heterocycles. The van der Waals surface area contributed by atoms with E-state index in [-0.39, 0.29) is 11.3 Å². The highest BCUT2D eigenvalue weighted by Crippen LogP contribution is 2.42. The molecule has 1 fully saturated rings. The summed E-state index contributed by atoms with van der Waals surface area (Å²) in [6, 6.07) is 9.72. The van der Waals surface area contributed by atoms with Gasteiger partial charge in [0.2, 0.25) is 0 Å². The molecule has 1 amide bonds. The zero-order valence-corrected chi connectivity index (χ0v) is 21.3. The summed E-state index contributed by atoms with van der Waals surface area (Å²) in [4.78, 5) is 29.4. The van der Waals surface area contributed by atoms with Gasteiger partial charge in [-0.15, -0.1) is 0 Å². The summed E-state index contributed by atoms with van der Waals surface area (Å²) in [6.45, 7) is 8.88. The number of quaternary nitrogens is 1. The molecule has 0 spiro atoms. The van der Waals surface area contributed by atoms with E-state index in [0.29, 0.717) is 41.5 Å². The van der Waals surface area contributed by atoms with Gasteiger partial charge in [-0.1, -0.05) is 6.07 Å². The Kier molecular flexibility index (Phi) is 8.40. The van der Waals surface area contributed by atoms with Gasteiger partial charge < -0.3 is 29.1 Å². The molecular formula is C27H35N2O6+. The minimum absolute atomic E-state index is 0.0602. The monoisotopic (exact) mass is 483 g/mol. The Balaban J connectivity index is 2.18. The Morgan fingerprint density at radius 1 is 0.971 bits per heavy atom. The predicted octanol–water partition coefficient (Wildman–Crippen LogP) is 2.37. The van der Waals surface area contributed by atoms with E-state index in [2.05, 4.69) is 13.8 Å². The first kappa shape index (κ1) is 26.1. The van der Waals surface area contributed by atoms with Crippen molar-refractivity contribution < 1.29 is 33.8 Å². The van der Waals surface area contributed by atoms with Crippen molar-refractivity contribution in [2.24, 2.45) is 0 Å². The van der Waals surface area contributed by atoms with E-state index in [1.807, 2.05) is 6.92 Å². The number of hydrogen-bond donors (Lipinski definition) is 2. The van der Waals surface area contributed by atoms with E-state index in [4.69, 9.17) is 14.2 Å². The molecule has 2 N–H and O–H groups in total. The number of ketones is 1. The summed E-state index contributed by atoms with van der Waals surface area (Å²) in [5.41, 5.74) is 1.92. The van der Waals surface area contributed by atoms with E-state index >= 15 is 0 Å². The predicted molar refractivity (Wildman–Crippen MR) is 133 cm³/mol. The lowest BCUT2D eigenvalue weighted by molar-refractivity contribution is -0.895. The van der Waals surface area contributed by atoms with Crippen LogP contribution in [0.5, 0.6) is 17.2 Å². The molecule has 0 aromatic heterocycles. The molecule has 2 aromatic rings. The maximum Gasteiger partial charge on any atom is 0.295 e. The van der Waals surface area contributed by atoms with Gasteiger partial charge in [-0.25, -0.2) is 0 Å². The van der Waals surface area contributed by atoms with Gasteiger partial charge in [0.15, 0.2) is 11.5 Å². The van der Waals surface area contributed by atoms with Gasteiger partial charge in [0, 0.05) is 5.56 Å². The van der Waals surface area contributed by atoms with Crippen LogP contribution in [0.4, 0.5) is 0 Å². The van der Waals surface area contributed by atoms with E-state index in [9.17, 15) is 14.7 Å². The molecule has 188 valence electrons. The number of nitrogens with one attached hydrogen (secondary N) is 1. The van der Waals surface area contributed by atoms with Crippen LogP contribution in [0.15, 0.2) is 42.0 Å². The molecule has 0 bridgehead atoms. The van der Waals surface area contributed by atoms with Crippen LogP contribution >= 0.6 is 0 Å². The summed E-state index contributed by atoms with van der Waals surface area (Å²) in [6.07, 6.45) is 0. The average Bonchev–Trinajstić information content (AvgIpc) is 3.13. The van der Waals surface area contributed by atoms with E-state index in [1.165, 1.54) is 12.0 Å². The first-order chi connectivity index (χ1) is 16.8. The Morgan fingerprint density at radius 3 is 2.23 bits per heavy atom. The molecule has 1 atom stereocenters. The van der Waals surface area contributed by atoms with Crippen LogP contribution in [0, 0.1) is 6.92 Å². The SMILES string of the molecule is CC[NH+](CC)CCN1C(=O)C(=O)C(=C(O)c2ccc(OC)cc2C)C1c1ccc(OC)c(OC)c1. The number of likely N-dealkylation sites (N-methyl/N-ethyl adjacent to an activating group) is 1. The van der Waals surface area contributed by atoms with Crippen LogP contribution in [0.3, 0.4) is 0 Å². The summed E-state index contributed by atoms with van der Waals surface area (Å²) in [5.74, 6) is 0.118. The van der Waals surface area contributed by atoms with Crippen LogP contribution in [-0.4, -0.2) is 69.2 Å². The lowest BCUT2D eigenvalue weighted by atomic mass is 9.93. The third-order valence-electron chi connectivity index (χ3n) is 6.66. The molecular weight excluding hydrogens is 448 g/mol. The topological polar surface area (TPSA) is 89.7 Å². The molecule has 0 aliphatic carbocycles. The lowest BCUT2D eigenvalue weighted by Crippen LogP contribution is -3.12. The number of methoxy groups -OCH3 is 3. The number of aryl methyl sites for hydroxylation is 1. The lowest BCUT2D eigenvalue weighted by Gasteiger charge is -2.27. The van der Waals surface area contributed by atoms with Crippen molar-refractivity contribution >= 4 is 17.4 Å². The zero-order valence-electron chi connectivity index (χ0n) is 21.3. The third kappa shape index (κ3) is 5.12. The molecule has 35 heavy (non-hydrogen) atoms. The molecule has 1 aliphatic rings. The average molecular weight is 484 g/mol. The quantitative estimate of drug-likeness (QED) is 0.306. The summed E-state index contributed by atoms with van der Waals surface area (Å²) in [7, 11) is 4.64. The van der Waals surface area contributed by atoms with E-state index in [0.717, 1.165) is 18.7 Å². The second-order valence-corrected chi connectivity index (χ2v) is 8.49. The molecule has 1 heterocycles. The highest BCUT2D eigenvalue weighted by Gasteiger charge is 2.46. The maximum atomic E-state index is 13.3. The number of nitrogens with zero attached hydrogens (tertiary/aromatic N) is 1. The molecule has 0 radical (unpaired) electrons. The number of aliphatic hydroxyl groups is 1. The minimum atomic E-state index is -0.758. The smallest absolute Gasteiger partial charge is 0.295 e. The van der Waals surface area contributed by atoms with Crippen molar-refractivity contribution in [3.8, 4) is 17.2 Å². The number of ether oxygens (including phenoxy) is 3. The fraction of sp³-hybridized carbons (Fsp3) is 0.407. The van der Waals surface area contributed by atoms with Crippen LogP contribution in [0.1, 0.15) is 36.6 Å². The number of hydrogen-bond acceptors (Lipinski definition) is 6. The summed E-state index contributed by atoms with van der Waals surface area (Å²) < 4.78 is 16.1. The van der Waals surface area contributed by atoms with Gasteiger partial charge in [-0.05, 0) is 62.2 Å². The van der Waals surface area contributed by atoms with Gasteiger partial charge in [-0.3, -0.25) is 9.59 Å². The van der Waals surface area contributed by atoms with Crippen LogP contribution in [-0.2, 0) is 9.59 Å². The minimum Gasteiger partial charge on any atom is -0.507 e. The van der Waals surface area contributed by atoms with Gasteiger partial charge >= 0.3 is 0 Å². The van der Waals surface area contributed by atoms with Crippen molar-refractivity contribution in [1.82, 2.24) is 4.90 Å². The number of carbonyl (C=O) groups is 2. The fourth-order valence-corrected chi connectivity index (χ4v) is 4.54. The number of rotatable bonds is 10. The second kappa shape index (κ2) is 11.3. The van der Waals surface area contributed by atoms with Gasteiger partial charge in [0.05, 0.1) is 59.1 Å². The molecule has 1 saturated heterocycles. The normalized spacial score (nSPS) is 17.2. The zero-order chi connectivity index (χ0) is 25.7. The number of likely N-dealkylation sites (tertiary alicyclic amines) is 1. The van der Waals surface area contributed by atoms with Crippen molar-refractivity contribution in [1.29, 1.82) is 0 Å². The van der Waals surface area contributed by atoms with Gasteiger partial charge in [0.25, 0.3) is 11.7 Å². The fourth-order valence-electron chi connectivity index (χ4n) is 4.54. The summed E-state index contributed by atoms with van der Waals surface area (Å²) in [5, 5.41) is 11.4. The van der Waals surface area contributed by atoms with Crippen LogP contribution in [0.2, 0.25) is 0 Å². The number of Topliss-reactive ketones (excluding diaryl/α,β-unsaturated/α-hetero) is 1. The molecule has 0 saturated carbocycles. The van der Waals surface area contributed by atoms with Crippen molar-refractivity contribution in [3.05, 3.63) is 58.7 Å². The first-order valence-corrected chi connectivity index (χ1v) is 11.8. The molecule has 2 aromatic carbocycles. The van der Waals surface area contributed by atoms with Crippen molar-refractivity contribution in [3.63, 3.8) is 0 Å². The van der Waals surface area contributed by atoms with Crippen LogP contribution in [0.25, 0.3) is 5.76 Å². The highest BCUT2D eigenvalue weighted by molar-refractivity contribution is 6.46. The van der Waals surface area contributed by atoms with E-state index < -0.39 is 17.7 Å². The Morgan fingerprint density at radius 2 is 1.66 bits per heavy atom. The first-order valence-electron chi connectivity index (χ1n) is 11.8. The Hall–Kier alpha value is -3.52. The summed E-state index contributed by atoms with van der Waals surface area (Å²) >= 11 is 0. The number of benzene rings is 2. The van der Waals surface area contributed by atoms with Gasteiger partial charge in [-0.2, -0.15) is 0 Å². The molecule has 3 rings (SSSR count). The van der Waals surface area contributed by atoms with E-state index in [1.54, 1.807) is 55.5 Å². The standard InChI is InChI=1S/C27H34N2O6/c1-7-28(8-2)13-14-29-24(18-9-12-21(34-5)22(16-18)35-6)23(26(31)27(29)32)25(30)20-11-10-19(33-4)15-17(20)3/h9-12,15-16,24,30H,7-8,13-14H2,1-6H3/p+1. The van der Waals surface area contributed by atoms with Crippen molar-refractivity contribution in [2.75, 3.05) is 47.5 Å². The maximum absolute atomic E-state index is 13.3. The number of aliphatic hydroxyl groups excluding tert-OH is 1. The number of carbonyl (C=O) groups excluding carboxylic acids is 2. The molecule has 8 nitrogen and oxygen atoms in total. The van der Waals surface area contributed by atoms with Crippen LogP contribution < -0.4 is 19.1 Å². The second-order valence-electron chi connectivity index (χ2n) is 8.49. The molecule has 8 heteroatoms. The van der Waals surface area contributed by atoms with Crippen molar-refractivity contribution in [2.45, 2.75) is 26.8 Å². The Labute approximate surface area is 206 Å².